The first-order chi connectivity index (χ1) is 16.7. The van der Waals surface area contributed by atoms with Crippen molar-refractivity contribution in [3.05, 3.63) is 0 Å². The molecule has 0 aromatic carbocycles. The summed E-state index contributed by atoms with van der Waals surface area (Å²) < 4.78 is 16.4. The predicted octanol–water partition coefficient (Wildman–Crippen LogP) is 6.43. The first-order valence-corrected chi connectivity index (χ1v) is 14.5. The van der Waals surface area contributed by atoms with Gasteiger partial charge in [-0.15, -0.1) is 0 Å². The molecule has 200 valence electrons. The zero-order chi connectivity index (χ0) is 25.4. The maximum atomic E-state index is 14.2. The third-order valence-electron chi connectivity index (χ3n) is 11.4. The minimum absolute atomic E-state index is 0.0694. The summed E-state index contributed by atoms with van der Waals surface area (Å²) in [6.07, 6.45) is 10.6. The van der Waals surface area contributed by atoms with Gasteiger partial charge in [0.15, 0.2) is 0 Å². The Bertz CT molecular complexity index is 766. The third-order valence-corrected chi connectivity index (χ3v) is 11.4. The Morgan fingerprint density at radius 1 is 1.03 bits per heavy atom. The van der Waals surface area contributed by atoms with E-state index in [0.717, 1.165) is 25.7 Å². The molecule has 4 aliphatic rings. The lowest BCUT2D eigenvalue weighted by molar-refractivity contribution is -0.181. The van der Waals surface area contributed by atoms with E-state index >= 15 is 0 Å². The van der Waals surface area contributed by atoms with Crippen LogP contribution in [0.15, 0.2) is 0 Å². The normalized spacial score (nSPS) is 43.7. The SMILES string of the molecule is CCOC(=O)CC[C@@H](C)[C@H]1CC[C@H]2[C@@H]3C(=O)[C@H](CC)[C@@H]4C[C@H](OCOC)CC[C@]4(C)[C@H]3CC[C@]12C. The van der Waals surface area contributed by atoms with Crippen LogP contribution in [0.2, 0.25) is 0 Å². The van der Waals surface area contributed by atoms with E-state index in [4.69, 9.17) is 14.2 Å². The summed E-state index contributed by atoms with van der Waals surface area (Å²) in [6, 6.07) is 0. The van der Waals surface area contributed by atoms with Crippen LogP contribution in [-0.2, 0) is 23.8 Å². The van der Waals surface area contributed by atoms with E-state index in [1.54, 1.807) is 7.11 Å². The summed E-state index contributed by atoms with van der Waals surface area (Å²) in [5.41, 5.74) is 0.451. The molecule has 0 aromatic rings. The Morgan fingerprint density at radius 2 is 1.74 bits per heavy atom. The lowest BCUT2D eigenvalue weighted by Gasteiger charge is -2.62. The van der Waals surface area contributed by atoms with Crippen LogP contribution in [0.25, 0.3) is 0 Å². The molecular weight excluding hydrogens is 440 g/mol. The van der Waals surface area contributed by atoms with Gasteiger partial charge >= 0.3 is 5.97 Å². The molecule has 5 heteroatoms. The lowest BCUT2D eigenvalue weighted by atomic mass is 9.42. The number of ketones is 1. The zero-order valence-corrected chi connectivity index (χ0v) is 23.1. The van der Waals surface area contributed by atoms with Gasteiger partial charge in [-0.05, 0) is 105 Å². The Labute approximate surface area is 213 Å². The molecule has 0 spiro atoms. The molecular formula is C30H50O5. The van der Waals surface area contributed by atoms with Gasteiger partial charge in [-0.1, -0.05) is 27.7 Å². The average Bonchev–Trinajstić information content (AvgIpc) is 3.19. The number of esters is 1. The Morgan fingerprint density at radius 3 is 2.43 bits per heavy atom. The quantitative estimate of drug-likeness (QED) is 0.275. The minimum Gasteiger partial charge on any atom is -0.466 e. The largest absolute Gasteiger partial charge is 0.466 e. The lowest BCUT2D eigenvalue weighted by Crippen LogP contribution is -2.60. The summed E-state index contributed by atoms with van der Waals surface area (Å²) in [4.78, 5) is 26.2. The summed E-state index contributed by atoms with van der Waals surface area (Å²) in [6.45, 7) is 12.2. The predicted molar refractivity (Wildman–Crippen MR) is 137 cm³/mol. The summed E-state index contributed by atoms with van der Waals surface area (Å²) in [7, 11) is 1.68. The van der Waals surface area contributed by atoms with Crippen LogP contribution in [0.5, 0.6) is 0 Å². The number of carbonyl (C=O) groups is 2. The van der Waals surface area contributed by atoms with Gasteiger partial charge in [-0.3, -0.25) is 9.59 Å². The van der Waals surface area contributed by atoms with E-state index in [0.29, 0.717) is 55.2 Å². The van der Waals surface area contributed by atoms with Crippen LogP contribution in [-0.4, -0.2) is 38.4 Å². The second-order valence-electron chi connectivity index (χ2n) is 12.8. The van der Waals surface area contributed by atoms with Crippen molar-refractivity contribution in [2.45, 2.75) is 105 Å². The van der Waals surface area contributed by atoms with E-state index in [-0.39, 0.29) is 34.7 Å². The zero-order valence-electron chi connectivity index (χ0n) is 23.1. The molecule has 4 saturated carbocycles. The van der Waals surface area contributed by atoms with Crippen molar-refractivity contribution in [3.8, 4) is 0 Å². The molecule has 35 heavy (non-hydrogen) atoms. The maximum Gasteiger partial charge on any atom is 0.305 e. The highest BCUT2D eigenvalue weighted by Crippen LogP contribution is 2.68. The van der Waals surface area contributed by atoms with Crippen LogP contribution in [0.3, 0.4) is 0 Å². The second-order valence-corrected chi connectivity index (χ2v) is 12.8. The molecule has 0 N–H and O–H groups in total. The highest BCUT2D eigenvalue weighted by molar-refractivity contribution is 5.86. The molecule has 0 heterocycles. The van der Waals surface area contributed by atoms with Gasteiger partial charge < -0.3 is 14.2 Å². The molecule has 0 aliphatic heterocycles. The van der Waals surface area contributed by atoms with E-state index in [2.05, 4.69) is 27.7 Å². The molecule has 0 amide bonds. The molecule has 4 rings (SSSR count). The molecule has 4 fully saturated rings. The van der Waals surface area contributed by atoms with Gasteiger partial charge in [-0.25, -0.2) is 0 Å². The number of hydrogen-bond acceptors (Lipinski definition) is 5. The van der Waals surface area contributed by atoms with Crippen LogP contribution >= 0.6 is 0 Å². The van der Waals surface area contributed by atoms with Crippen LogP contribution in [0.4, 0.5) is 0 Å². The first-order valence-electron chi connectivity index (χ1n) is 14.5. The molecule has 0 bridgehead atoms. The van der Waals surface area contributed by atoms with Gasteiger partial charge in [0, 0.05) is 25.4 Å². The van der Waals surface area contributed by atoms with Gasteiger partial charge in [0.05, 0.1) is 12.7 Å². The number of methoxy groups -OCH3 is 1. The smallest absolute Gasteiger partial charge is 0.305 e. The molecule has 5 nitrogen and oxygen atoms in total. The number of hydrogen-bond donors (Lipinski definition) is 0. The highest BCUT2D eigenvalue weighted by atomic mass is 16.7. The third kappa shape index (κ3) is 4.74. The summed E-state index contributed by atoms with van der Waals surface area (Å²) in [5.74, 6) is 3.42. The maximum absolute atomic E-state index is 14.2. The molecule has 0 saturated heterocycles. The number of fused-ring (bicyclic) bond motifs is 5. The Hall–Kier alpha value is -0.940. The molecule has 4 aliphatic carbocycles. The van der Waals surface area contributed by atoms with E-state index in [9.17, 15) is 9.59 Å². The van der Waals surface area contributed by atoms with Crippen molar-refractivity contribution in [1.82, 2.24) is 0 Å². The highest BCUT2D eigenvalue weighted by Gasteiger charge is 2.65. The van der Waals surface area contributed by atoms with Crippen molar-refractivity contribution in [2.75, 3.05) is 20.5 Å². The second kappa shape index (κ2) is 10.8. The van der Waals surface area contributed by atoms with Gasteiger partial charge in [0.25, 0.3) is 0 Å². The minimum atomic E-state index is -0.0694. The van der Waals surface area contributed by atoms with Gasteiger partial charge in [-0.2, -0.15) is 0 Å². The Kier molecular flexibility index (Phi) is 8.37. The van der Waals surface area contributed by atoms with Crippen molar-refractivity contribution in [1.29, 1.82) is 0 Å². The summed E-state index contributed by atoms with van der Waals surface area (Å²) in [5, 5.41) is 0. The van der Waals surface area contributed by atoms with E-state index < -0.39 is 0 Å². The molecule has 0 radical (unpaired) electrons. The van der Waals surface area contributed by atoms with Gasteiger partial charge in [0.2, 0.25) is 0 Å². The number of carbonyl (C=O) groups excluding carboxylic acids is 2. The number of ether oxygens (including phenoxy) is 3. The standard InChI is InChI=1S/C30H50O5/c1-7-21-25-17-20(35-18-33-6)13-15-30(25,5)24-14-16-29(4)22(10-11-23(29)27(24)28(21)32)19(3)9-12-26(31)34-8-2/h19-25,27H,7-18H2,1-6H3/t19-,20-,21-,22-,23+,24+,25+,27+,29-,30-/m1/s1. The first kappa shape index (κ1) is 27.1. The fourth-order valence-corrected chi connectivity index (χ4v) is 9.69. The molecule has 10 atom stereocenters. The Balaban J connectivity index is 1.53. The van der Waals surface area contributed by atoms with Crippen LogP contribution < -0.4 is 0 Å². The van der Waals surface area contributed by atoms with Crippen molar-refractivity contribution >= 4 is 11.8 Å². The van der Waals surface area contributed by atoms with Gasteiger partial charge in [0.1, 0.15) is 12.6 Å². The van der Waals surface area contributed by atoms with Crippen LogP contribution in [0, 0.1) is 52.3 Å². The van der Waals surface area contributed by atoms with E-state index in [1.165, 1.54) is 32.1 Å². The monoisotopic (exact) mass is 490 g/mol. The van der Waals surface area contributed by atoms with Crippen molar-refractivity contribution in [3.63, 3.8) is 0 Å². The topological polar surface area (TPSA) is 61.8 Å². The number of rotatable bonds is 9. The number of Topliss-reactive ketones (excluding diaryl/α,β-unsaturated/α-hetero) is 1. The van der Waals surface area contributed by atoms with Crippen molar-refractivity contribution in [2.24, 2.45) is 52.3 Å². The van der Waals surface area contributed by atoms with E-state index in [1.807, 2.05) is 6.92 Å². The molecule has 0 aromatic heterocycles. The fourth-order valence-electron chi connectivity index (χ4n) is 9.69. The fraction of sp³-hybridized carbons (Fsp3) is 0.933. The average molecular weight is 491 g/mol. The summed E-state index contributed by atoms with van der Waals surface area (Å²) >= 11 is 0. The van der Waals surface area contributed by atoms with Crippen LogP contribution in [0.1, 0.15) is 98.8 Å². The molecule has 0 unspecified atom stereocenters. The van der Waals surface area contributed by atoms with Crippen molar-refractivity contribution < 1.29 is 23.8 Å².